The molecule has 25 heavy (non-hydrogen) atoms. The minimum atomic E-state index is -0.423. The molecular formula is C18H13N3O3S. The predicted octanol–water partition coefficient (Wildman–Crippen LogP) is 4.22. The molecular weight excluding hydrogens is 338 g/mol. The minimum Gasteiger partial charge on any atom is -0.507 e. The zero-order valence-corrected chi connectivity index (χ0v) is 14.0. The van der Waals surface area contributed by atoms with Crippen molar-refractivity contribution >= 4 is 33.1 Å². The van der Waals surface area contributed by atoms with Crippen molar-refractivity contribution in [3.8, 4) is 16.3 Å². The average molecular weight is 351 g/mol. The van der Waals surface area contributed by atoms with Crippen LogP contribution in [0.2, 0.25) is 0 Å². The second kappa shape index (κ2) is 6.03. The number of aryl methyl sites for hydroxylation is 1. The first-order chi connectivity index (χ1) is 12.1. The van der Waals surface area contributed by atoms with Gasteiger partial charge in [-0.3, -0.25) is 4.79 Å². The lowest BCUT2D eigenvalue weighted by Gasteiger charge is -2.06. The number of aromatic nitrogens is 2. The number of hydrogen-bond donors (Lipinski definition) is 2. The fourth-order valence-electron chi connectivity index (χ4n) is 2.44. The van der Waals surface area contributed by atoms with Gasteiger partial charge in [0.15, 0.2) is 0 Å². The van der Waals surface area contributed by atoms with Crippen LogP contribution in [0.4, 0.5) is 5.69 Å². The number of aromatic hydroxyl groups is 1. The summed E-state index contributed by atoms with van der Waals surface area (Å²) in [7, 11) is 0. The van der Waals surface area contributed by atoms with Crippen molar-refractivity contribution in [1.29, 1.82) is 0 Å². The molecule has 4 aromatic rings. The summed E-state index contributed by atoms with van der Waals surface area (Å²) in [5, 5.41) is 17.4. The molecule has 2 N–H and O–H groups in total. The van der Waals surface area contributed by atoms with Crippen LogP contribution < -0.4 is 5.32 Å². The normalized spacial score (nSPS) is 10.9. The maximum atomic E-state index is 12.1. The van der Waals surface area contributed by atoms with Crippen LogP contribution in [0.1, 0.15) is 16.2 Å². The summed E-state index contributed by atoms with van der Waals surface area (Å²) < 4.78 is 5.97. The van der Waals surface area contributed by atoms with E-state index < -0.39 is 5.91 Å². The Morgan fingerprint density at radius 2 is 2.04 bits per heavy atom. The smallest absolute Gasteiger partial charge is 0.294 e. The van der Waals surface area contributed by atoms with Crippen molar-refractivity contribution in [3.63, 3.8) is 0 Å². The van der Waals surface area contributed by atoms with Crippen molar-refractivity contribution in [3.05, 3.63) is 60.0 Å². The van der Waals surface area contributed by atoms with Gasteiger partial charge >= 0.3 is 0 Å². The second-order valence-electron chi connectivity index (χ2n) is 5.51. The molecule has 0 fully saturated rings. The third kappa shape index (κ3) is 2.97. The Morgan fingerprint density at radius 1 is 1.20 bits per heavy atom. The van der Waals surface area contributed by atoms with Crippen LogP contribution in [0.5, 0.6) is 5.75 Å². The molecule has 0 bridgehead atoms. The van der Waals surface area contributed by atoms with Crippen molar-refractivity contribution in [2.24, 2.45) is 0 Å². The first-order valence-corrected chi connectivity index (χ1v) is 8.35. The van der Waals surface area contributed by atoms with E-state index in [-0.39, 0.29) is 11.5 Å². The van der Waals surface area contributed by atoms with E-state index in [4.69, 9.17) is 4.52 Å². The highest BCUT2D eigenvalue weighted by Crippen LogP contribution is 2.36. The minimum absolute atomic E-state index is 0.0469. The Labute approximate surface area is 146 Å². The molecule has 0 aliphatic carbocycles. The van der Waals surface area contributed by atoms with Gasteiger partial charge in [-0.15, -0.1) is 11.3 Å². The van der Waals surface area contributed by atoms with Crippen LogP contribution in [0, 0.1) is 6.92 Å². The van der Waals surface area contributed by atoms with E-state index in [1.165, 1.54) is 17.4 Å². The quantitative estimate of drug-likeness (QED) is 0.577. The second-order valence-corrected chi connectivity index (χ2v) is 6.54. The highest BCUT2D eigenvalue weighted by molar-refractivity contribution is 7.21. The number of anilines is 1. The number of para-hydroxylation sites is 1. The Kier molecular flexibility index (Phi) is 3.70. The average Bonchev–Trinajstić information content (AvgIpc) is 3.21. The molecule has 4 rings (SSSR count). The summed E-state index contributed by atoms with van der Waals surface area (Å²) in [6.07, 6.45) is 0. The molecule has 0 radical (unpaired) electrons. The molecule has 0 unspecified atom stereocenters. The third-order valence-electron chi connectivity index (χ3n) is 3.63. The predicted molar refractivity (Wildman–Crippen MR) is 95.9 cm³/mol. The Hall–Kier alpha value is -3.19. The van der Waals surface area contributed by atoms with Gasteiger partial charge in [0, 0.05) is 17.8 Å². The number of nitrogens with one attached hydrogen (secondary N) is 1. The van der Waals surface area contributed by atoms with Gasteiger partial charge in [-0.25, -0.2) is 4.98 Å². The van der Waals surface area contributed by atoms with Crippen LogP contribution >= 0.6 is 11.3 Å². The molecule has 0 saturated heterocycles. The summed E-state index contributed by atoms with van der Waals surface area (Å²) in [5.74, 6) is -0.259. The van der Waals surface area contributed by atoms with E-state index in [2.05, 4.69) is 15.5 Å². The van der Waals surface area contributed by atoms with Crippen molar-refractivity contribution < 1.29 is 14.4 Å². The largest absolute Gasteiger partial charge is 0.507 e. The molecule has 2 aromatic carbocycles. The topological polar surface area (TPSA) is 88.2 Å². The van der Waals surface area contributed by atoms with Gasteiger partial charge in [0.25, 0.3) is 5.91 Å². The molecule has 2 heterocycles. The van der Waals surface area contributed by atoms with E-state index in [1.807, 2.05) is 24.3 Å². The SMILES string of the molecule is Cc1cc(C(=O)Nc2ccc(-c3nc4ccccc4s3)c(O)c2)on1. The third-order valence-corrected chi connectivity index (χ3v) is 4.70. The number of fused-ring (bicyclic) bond motifs is 1. The number of phenolic OH excluding ortho intramolecular Hbond substituents is 1. The Morgan fingerprint density at radius 3 is 2.76 bits per heavy atom. The van der Waals surface area contributed by atoms with E-state index in [9.17, 15) is 9.90 Å². The molecule has 0 atom stereocenters. The number of carbonyl (C=O) groups excluding carboxylic acids is 1. The van der Waals surface area contributed by atoms with Crippen LogP contribution in [-0.2, 0) is 0 Å². The van der Waals surface area contributed by atoms with E-state index in [1.54, 1.807) is 25.1 Å². The zero-order valence-electron chi connectivity index (χ0n) is 13.2. The molecule has 0 spiro atoms. The first-order valence-electron chi connectivity index (χ1n) is 7.54. The molecule has 2 aromatic heterocycles. The van der Waals surface area contributed by atoms with Gasteiger partial charge in [0.2, 0.25) is 5.76 Å². The monoisotopic (exact) mass is 351 g/mol. The molecule has 124 valence electrons. The Balaban J connectivity index is 1.61. The number of rotatable bonds is 3. The number of amides is 1. The molecule has 0 aliphatic rings. The number of benzene rings is 2. The fourth-order valence-corrected chi connectivity index (χ4v) is 3.44. The first kappa shape index (κ1) is 15.3. The molecule has 0 saturated carbocycles. The van der Waals surface area contributed by atoms with E-state index in [0.717, 1.165) is 15.2 Å². The zero-order chi connectivity index (χ0) is 17.4. The lowest BCUT2D eigenvalue weighted by molar-refractivity contribution is 0.0988. The standard InChI is InChI=1S/C18H13N3O3S/c1-10-8-15(24-21-10)17(23)19-11-6-7-12(14(22)9-11)18-20-13-4-2-3-5-16(13)25-18/h2-9,22H,1H3,(H,19,23). The summed E-state index contributed by atoms with van der Waals surface area (Å²) in [4.78, 5) is 16.6. The molecule has 6 nitrogen and oxygen atoms in total. The van der Waals surface area contributed by atoms with Gasteiger partial charge in [0.1, 0.15) is 10.8 Å². The van der Waals surface area contributed by atoms with Gasteiger partial charge in [-0.2, -0.15) is 0 Å². The summed E-state index contributed by atoms with van der Waals surface area (Å²) in [6.45, 7) is 1.74. The summed E-state index contributed by atoms with van der Waals surface area (Å²) in [5.41, 5.74) is 2.59. The number of phenols is 1. The van der Waals surface area contributed by atoms with Crippen LogP contribution in [0.25, 0.3) is 20.8 Å². The van der Waals surface area contributed by atoms with Crippen LogP contribution in [-0.4, -0.2) is 21.2 Å². The highest BCUT2D eigenvalue weighted by atomic mass is 32.1. The number of hydrogen-bond acceptors (Lipinski definition) is 6. The van der Waals surface area contributed by atoms with Crippen molar-refractivity contribution in [1.82, 2.24) is 10.1 Å². The number of thiazole rings is 1. The van der Waals surface area contributed by atoms with Crippen molar-refractivity contribution in [2.45, 2.75) is 6.92 Å². The van der Waals surface area contributed by atoms with Crippen LogP contribution in [0.15, 0.2) is 53.1 Å². The van der Waals surface area contributed by atoms with E-state index in [0.29, 0.717) is 16.9 Å². The number of nitrogens with zero attached hydrogens (tertiary/aromatic N) is 2. The highest BCUT2D eigenvalue weighted by Gasteiger charge is 2.14. The lowest BCUT2D eigenvalue weighted by Crippen LogP contribution is -2.10. The van der Waals surface area contributed by atoms with Gasteiger partial charge < -0.3 is 14.9 Å². The maximum Gasteiger partial charge on any atom is 0.294 e. The fraction of sp³-hybridized carbons (Fsp3) is 0.0556. The maximum absolute atomic E-state index is 12.1. The van der Waals surface area contributed by atoms with Crippen molar-refractivity contribution in [2.75, 3.05) is 5.32 Å². The van der Waals surface area contributed by atoms with E-state index >= 15 is 0 Å². The summed E-state index contributed by atoms with van der Waals surface area (Å²) in [6, 6.07) is 14.3. The van der Waals surface area contributed by atoms with Gasteiger partial charge in [-0.05, 0) is 31.2 Å². The Bertz CT molecular complexity index is 1050. The summed E-state index contributed by atoms with van der Waals surface area (Å²) >= 11 is 1.50. The molecule has 7 heteroatoms. The lowest BCUT2D eigenvalue weighted by atomic mass is 10.2. The molecule has 0 aliphatic heterocycles. The van der Waals surface area contributed by atoms with Gasteiger partial charge in [0.05, 0.1) is 21.5 Å². The molecule has 1 amide bonds. The number of carbonyl (C=O) groups is 1. The van der Waals surface area contributed by atoms with Crippen LogP contribution in [0.3, 0.4) is 0 Å². The van der Waals surface area contributed by atoms with Gasteiger partial charge in [-0.1, -0.05) is 17.3 Å².